The number of fused-ring (bicyclic) bond motifs is 1. The van der Waals surface area contributed by atoms with Gasteiger partial charge in [-0.05, 0) is 36.4 Å². The van der Waals surface area contributed by atoms with Gasteiger partial charge in [-0.3, -0.25) is 9.20 Å². The highest BCUT2D eigenvalue weighted by Crippen LogP contribution is 2.28. The average Bonchev–Trinajstić information content (AvgIpc) is 2.99. The molecule has 0 aliphatic heterocycles. The average molecular weight is 283 g/mol. The van der Waals surface area contributed by atoms with Crippen LogP contribution in [0.5, 0.6) is 0 Å². The van der Waals surface area contributed by atoms with Crippen LogP contribution in [0.25, 0.3) is 16.9 Å². The number of amides is 1. The fourth-order valence-electron chi connectivity index (χ4n) is 2.31. The normalized spacial score (nSPS) is 14.6. The molecule has 3 aromatic rings. The second-order valence-electron chi connectivity index (χ2n) is 5.00. The Balaban J connectivity index is 1.90. The summed E-state index contributed by atoms with van der Waals surface area (Å²) in [5.74, 6) is -0.0719. The Morgan fingerprint density at radius 2 is 2.25 bits per heavy atom. The summed E-state index contributed by atoms with van der Waals surface area (Å²) in [7, 11) is 0. The molecule has 1 fully saturated rings. The predicted octanol–water partition coefficient (Wildman–Crippen LogP) is 2.96. The van der Waals surface area contributed by atoms with Crippen LogP contribution in [-0.4, -0.2) is 21.3 Å². The molecule has 3 aromatic heterocycles. The number of rotatable bonds is 3. The van der Waals surface area contributed by atoms with Crippen LogP contribution >= 0.6 is 11.3 Å². The SMILES string of the molecule is O=C(NC1CC1)c1nc2ccccn2c1-c1ccsc1. The van der Waals surface area contributed by atoms with E-state index in [1.165, 1.54) is 0 Å². The minimum Gasteiger partial charge on any atom is -0.348 e. The van der Waals surface area contributed by atoms with E-state index in [1.807, 2.05) is 45.6 Å². The number of pyridine rings is 1. The van der Waals surface area contributed by atoms with Crippen molar-refractivity contribution in [3.05, 3.63) is 46.9 Å². The van der Waals surface area contributed by atoms with Gasteiger partial charge in [-0.2, -0.15) is 11.3 Å². The molecule has 1 aliphatic carbocycles. The highest BCUT2D eigenvalue weighted by Gasteiger charge is 2.27. The van der Waals surface area contributed by atoms with Crippen LogP contribution in [-0.2, 0) is 0 Å². The van der Waals surface area contributed by atoms with Crippen molar-refractivity contribution < 1.29 is 4.79 Å². The Bertz CT molecular complexity index is 772. The first kappa shape index (κ1) is 11.7. The molecule has 0 radical (unpaired) electrons. The molecule has 1 aliphatic rings. The zero-order valence-corrected chi connectivity index (χ0v) is 11.6. The Labute approximate surface area is 120 Å². The van der Waals surface area contributed by atoms with Crippen molar-refractivity contribution in [1.29, 1.82) is 0 Å². The van der Waals surface area contributed by atoms with E-state index < -0.39 is 0 Å². The van der Waals surface area contributed by atoms with E-state index in [9.17, 15) is 4.79 Å². The maximum Gasteiger partial charge on any atom is 0.272 e. The number of imidazole rings is 1. The van der Waals surface area contributed by atoms with E-state index >= 15 is 0 Å². The second-order valence-corrected chi connectivity index (χ2v) is 5.78. The van der Waals surface area contributed by atoms with Gasteiger partial charge in [0.25, 0.3) is 5.91 Å². The van der Waals surface area contributed by atoms with Gasteiger partial charge in [-0.1, -0.05) is 6.07 Å². The summed E-state index contributed by atoms with van der Waals surface area (Å²) in [5, 5.41) is 7.08. The molecule has 20 heavy (non-hydrogen) atoms. The molecule has 5 heteroatoms. The van der Waals surface area contributed by atoms with E-state index in [2.05, 4.69) is 10.3 Å². The third-order valence-corrected chi connectivity index (χ3v) is 4.14. The molecule has 0 atom stereocenters. The van der Waals surface area contributed by atoms with Crippen LogP contribution in [0.2, 0.25) is 0 Å². The summed E-state index contributed by atoms with van der Waals surface area (Å²) in [6.45, 7) is 0. The van der Waals surface area contributed by atoms with Gasteiger partial charge in [0.1, 0.15) is 5.65 Å². The van der Waals surface area contributed by atoms with Gasteiger partial charge in [0.15, 0.2) is 5.69 Å². The number of nitrogens with zero attached hydrogens (tertiary/aromatic N) is 2. The van der Waals surface area contributed by atoms with Crippen LogP contribution < -0.4 is 5.32 Å². The summed E-state index contributed by atoms with van der Waals surface area (Å²) >= 11 is 1.62. The van der Waals surface area contributed by atoms with E-state index in [-0.39, 0.29) is 5.91 Å². The smallest absolute Gasteiger partial charge is 0.272 e. The van der Waals surface area contributed by atoms with Crippen LogP contribution in [0.15, 0.2) is 41.2 Å². The zero-order valence-electron chi connectivity index (χ0n) is 10.7. The lowest BCUT2D eigenvalue weighted by molar-refractivity contribution is 0.0947. The molecule has 1 saturated carbocycles. The van der Waals surface area contributed by atoms with Crippen LogP contribution in [0.4, 0.5) is 0 Å². The van der Waals surface area contributed by atoms with Gasteiger partial charge in [-0.25, -0.2) is 4.98 Å². The number of nitrogens with one attached hydrogen (secondary N) is 1. The van der Waals surface area contributed by atoms with Crippen molar-refractivity contribution in [2.45, 2.75) is 18.9 Å². The summed E-state index contributed by atoms with van der Waals surface area (Å²) in [6.07, 6.45) is 4.10. The quantitative estimate of drug-likeness (QED) is 0.803. The fourth-order valence-corrected chi connectivity index (χ4v) is 2.95. The van der Waals surface area contributed by atoms with Crippen LogP contribution in [0.1, 0.15) is 23.3 Å². The lowest BCUT2D eigenvalue weighted by Gasteiger charge is -2.04. The van der Waals surface area contributed by atoms with E-state index in [4.69, 9.17) is 0 Å². The van der Waals surface area contributed by atoms with Gasteiger partial charge in [0.2, 0.25) is 0 Å². The lowest BCUT2D eigenvalue weighted by Crippen LogP contribution is -2.26. The monoisotopic (exact) mass is 283 g/mol. The molecule has 0 saturated heterocycles. The Morgan fingerprint density at radius 3 is 3.00 bits per heavy atom. The maximum absolute atomic E-state index is 12.4. The van der Waals surface area contributed by atoms with Crippen molar-refractivity contribution in [2.75, 3.05) is 0 Å². The van der Waals surface area contributed by atoms with Crippen LogP contribution in [0.3, 0.4) is 0 Å². The highest BCUT2D eigenvalue weighted by molar-refractivity contribution is 7.08. The first-order chi connectivity index (χ1) is 9.83. The number of carbonyl (C=O) groups excluding carboxylic acids is 1. The van der Waals surface area contributed by atoms with Gasteiger partial charge >= 0.3 is 0 Å². The maximum atomic E-state index is 12.4. The van der Waals surface area contributed by atoms with E-state index in [1.54, 1.807) is 11.3 Å². The molecule has 1 amide bonds. The van der Waals surface area contributed by atoms with Crippen molar-refractivity contribution in [2.24, 2.45) is 0 Å². The van der Waals surface area contributed by atoms with Crippen LogP contribution in [0, 0.1) is 0 Å². The number of carbonyl (C=O) groups is 1. The molecule has 0 spiro atoms. The second kappa shape index (κ2) is 4.45. The lowest BCUT2D eigenvalue weighted by atomic mass is 10.2. The summed E-state index contributed by atoms with van der Waals surface area (Å²) in [5.41, 5.74) is 3.23. The number of hydrogen-bond acceptors (Lipinski definition) is 3. The molecule has 100 valence electrons. The molecule has 0 bridgehead atoms. The molecule has 0 aromatic carbocycles. The topological polar surface area (TPSA) is 46.4 Å². The van der Waals surface area contributed by atoms with Crippen molar-refractivity contribution >= 4 is 22.9 Å². The molecule has 4 rings (SSSR count). The first-order valence-electron chi connectivity index (χ1n) is 6.63. The minimum absolute atomic E-state index is 0.0719. The standard InChI is InChI=1S/C15H13N3OS/c19-15(16-11-4-5-11)13-14(10-6-8-20-9-10)18-7-2-1-3-12(18)17-13/h1-3,6-9,11H,4-5H2,(H,16,19). The molecule has 4 nitrogen and oxygen atoms in total. The van der Waals surface area contributed by atoms with Gasteiger partial charge < -0.3 is 5.32 Å². The Morgan fingerprint density at radius 1 is 1.35 bits per heavy atom. The van der Waals surface area contributed by atoms with Gasteiger partial charge in [-0.15, -0.1) is 0 Å². The molecule has 1 N–H and O–H groups in total. The molecular weight excluding hydrogens is 270 g/mol. The van der Waals surface area contributed by atoms with Gasteiger partial charge in [0, 0.05) is 23.2 Å². The largest absolute Gasteiger partial charge is 0.348 e. The number of aromatic nitrogens is 2. The summed E-state index contributed by atoms with van der Waals surface area (Å²) < 4.78 is 1.98. The Kier molecular flexibility index (Phi) is 2.60. The zero-order chi connectivity index (χ0) is 13.5. The number of hydrogen-bond donors (Lipinski definition) is 1. The first-order valence-corrected chi connectivity index (χ1v) is 7.58. The molecule has 0 unspecified atom stereocenters. The fraction of sp³-hybridized carbons (Fsp3) is 0.200. The summed E-state index contributed by atoms with van der Waals surface area (Å²) in [4.78, 5) is 16.9. The highest BCUT2D eigenvalue weighted by atomic mass is 32.1. The van der Waals surface area contributed by atoms with E-state index in [0.717, 1.165) is 29.7 Å². The van der Waals surface area contributed by atoms with E-state index in [0.29, 0.717) is 11.7 Å². The third kappa shape index (κ3) is 1.91. The number of thiophene rings is 1. The van der Waals surface area contributed by atoms with Crippen molar-refractivity contribution in [3.8, 4) is 11.3 Å². The Hall–Kier alpha value is -2.14. The molecule has 3 heterocycles. The minimum atomic E-state index is -0.0719. The third-order valence-electron chi connectivity index (χ3n) is 3.45. The molecular formula is C15H13N3OS. The van der Waals surface area contributed by atoms with Crippen molar-refractivity contribution in [3.63, 3.8) is 0 Å². The predicted molar refractivity (Wildman–Crippen MR) is 79.0 cm³/mol. The van der Waals surface area contributed by atoms with Crippen molar-refractivity contribution in [1.82, 2.24) is 14.7 Å². The summed E-state index contributed by atoms with van der Waals surface area (Å²) in [6, 6.07) is 8.16. The van der Waals surface area contributed by atoms with Gasteiger partial charge in [0.05, 0.1) is 5.69 Å².